The zero-order valence-electron chi connectivity index (χ0n) is 19.8. The minimum Gasteiger partial charge on any atom is -0.403 e. The van der Waals surface area contributed by atoms with Crippen molar-refractivity contribution in [2.75, 3.05) is 10.6 Å². The summed E-state index contributed by atoms with van der Waals surface area (Å²) in [6, 6.07) is 15.2. The van der Waals surface area contributed by atoms with Crippen LogP contribution in [0.15, 0.2) is 53.1 Å². The van der Waals surface area contributed by atoms with Crippen LogP contribution in [0.5, 0.6) is 0 Å². The smallest absolute Gasteiger partial charge is 0.300 e. The van der Waals surface area contributed by atoms with E-state index >= 15 is 0 Å². The lowest BCUT2D eigenvalue weighted by Crippen LogP contribution is -2.32. The number of hydrogen-bond donors (Lipinski definition) is 2. The number of nitriles is 1. The molecule has 0 aliphatic rings. The van der Waals surface area contributed by atoms with Crippen LogP contribution in [0.25, 0.3) is 10.9 Å². The van der Waals surface area contributed by atoms with Gasteiger partial charge in [0.05, 0.1) is 16.8 Å². The van der Waals surface area contributed by atoms with E-state index in [1.807, 2.05) is 58.1 Å². The second kappa shape index (κ2) is 10.8. The highest BCUT2D eigenvalue weighted by Crippen LogP contribution is 2.31. The predicted octanol–water partition coefficient (Wildman–Crippen LogP) is 6.24. The van der Waals surface area contributed by atoms with E-state index in [-0.39, 0.29) is 11.5 Å². The standard InChI is InChI=1S/C26H26BrN4O2Si/c1-26(2,3)23(33-34(4)5)11-12-24(32)30-20-9-10-22-21(14-20)25(17(15-28)16-29-22)31-19-8-6-7-18(27)13-19/h6-10,13-14,16,23H,1-5H3,(H,29,31)(H,30,32). The largest absolute Gasteiger partial charge is 0.403 e. The van der Waals surface area contributed by atoms with Crippen molar-refractivity contribution in [1.82, 2.24) is 4.98 Å². The van der Waals surface area contributed by atoms with Gasteiger partial charge in [0, 0.05) is 27.4 Å². The number of benzene rings is 2. The van der Waals surface area contributed by atoms with Crippen LogP contribution in [0.4, 0.5) is 17.1 Å². The van der Waals surface area contributed by atoms with E-state index in [0.717, 1.165) is 10.2 Å². The molecule has 1 unspecified atom stereocenters. The van der Waals surface area contributed by atoms with Crippen molar-refractivity contribution in [3.05, 3.63) is 58.7 Å². The molecule has 1 aromatic heterocycles. The molecule has 3 aromatic rings. The van der Waals surface area contributed by atoms with Crippen molar-refractivity contribution in [3.8, 4) is 17.9 Å². The van der Waals surface area contributed by atoms with Gasteiger partial charge in [0.15, 0.2) is 0 Å². The molecule has 34 heavy (non-hydrogen) atoms. The third-order valence-electron chi connectivity index (χ3n) is 4.80. The van der Waals surface area contributed by atoms with E-state index in [2.05, 4.69) is 49.5 Å². The summed E-state index contributed by atoms with van der Waals surface area (Å²) in [5, 5.41) is 16.5. The third-order valence-corrected chi connectivity index (χ3v) is 6.00. The van der Waals surface area contributed by atoms with Crippen molar-refractivity contribution >= 4 is 58.8 Å². The van der Waals surface area contributed by atoms with Gasteiger partial charge in [-0.15, -0.1) is 0 Å². The first-order valence-electron chi connectivity index (χ1n) is 10.7. The van der Waals surface area contributed by atoms with Crippen LogP contribution < -0.4 is 10.6 Å². The third kappa shape index (κ3) is 6.68. The average molecular weight is 535 g/mol. The predicted molar refractivity (Wildman–Crippen MR) is 142 cm³/mol. The number of aromatic nitrogens is 1. The molecule has 0 aliphatic heterocycles. The van der Waals surface area contributed by atoms with Crippen LogP contribution in [0.3, 0.4) is 0 Å². The Morgan fingerprint density at radius 1 is 1.18 bits per heavy atom. The highest BCUT2D eigenvalue weighted by atomic mass is 79.9. The molecule has 0 saturated carbocycles. The number of hydrogen-bond acceptors (Lipinski definition) is 5. The van der Waals surface area contributed by atoms with Gasteiger partial charge in [-0.3, -0.25) is 9.78 Å². The van der Waals surface area contributed by atoms with Gasteiger partial charge < -0.3 is 15.1 Å². The molecule has 1 atom stereocenters. The zero-order valence-corrected chi connectivity index (χ0v) is 22.4. The number of halogens is 1. The van der Waals surface area contributed by atoms with Crippen LogP contribution >= 0.6 is 15.9 Å². The zero-order chi connectivity index (χ0) is 24.9. The van der Waals surface area contributed by atoms with Crippen LogP contribution in [-0.2, 0) is 9.22 Å². The van der Waals surface area contributed by atoms with Crippen LogP contribution in [0, 0.1) is 28.6 Å². The Labute approximate surface area is 210 Å². The maximum atomic E-state index is 12.6. The Bertz CT molecular complexity index is 1320. The Hall–Kier alpha value is -3.17. The quantitative estimate of drug-likeness (QED) is 0.299. The number of anilines is 3. The van der Waals surface area contributed by atoms with Gasteiger partial charge in [0.2, 0.25) is 9.04 Å². The van der Waals surface area contributed by atoms with Gasteiger partial charge in [0.25, 0.3) is 5.91 Å². The number of nitrogens with zero attached hydrogens (tertiary/aromatic N) is 2. The van der Waals surface area contributed by atoms with Crippen molar-refractivity contribution in [3.63, 3.8) is 0 Å². The maximum Gasteiger partial charge on any atom is 0.300 e. The molecule has 0 spiro atoms. The van der Waals surface area contributed by atoms with Gasteiger partial charge >= 0.3 is 0 Å². The second-order valence-corrected chi connectivity index (χ2v) is 12.0. The Kier molecular flexibility index (Phi) is 8.11. The van der Waals surface area contributed by atoms with E-state index in [9.17, 15) is 10.1 Å². The first kappa shape index (κ1) is 25.4. The molecule has 1 radical (unpaired) electrons. The minimum atomic E-state index is -0.962. The van der Waals surface area contributed by atoms with Gasteiger partial charge in [-0.05, 0) is 60.8 Å². The molecule has 0 aliphatic carbocycles. The molecular formula is C26H26BrN4O2Si. The molecule has 0 fully saturated rings. The number of amides is 1. The first-order valence-corrected chi connectivity index (χ1v) is 13.9. The number of pyridine rings is 1. The maximum absolute atomic E-state index is 12.6. The summed E-state index contributed by atoms with van der Waals surface area (Å²) >= 11 is 3.46. The number of carbonyl (C=O) groups excluding carboxylic acids is 1. The fourth-order valence-electron chi connectivity index (χ4n) is 3.15. The fourth-order valence-corrected chi connectivity index (χ4v) is 4.44. The summed E-state index contributed by atoms with van der Waals surface area (Å²) in [6.45, 7) is 10.2. The summed E-state index contributed by atoms with van der Waals surface area (Å²) in [5.74, 6) is 5.23. The van der Waals surface area contributed by atoms with Gasteiger partial charge in [0.1, 0.15) is 12.2 Å². The number of rotatable bonds is 5. The molecule has 8 heteroatoms. The van der Waals surface area contributed by atoms with E-state index in [1.165, 1.54) is 6.20 Å². The molecule has 2 N–H and O–H groups in total. The van der Waals surface area contributed by atoms with Crippen molar-refractivity contribution in [2.45, 2.75) is 40.0 Å². The van der Waals surface area contributed by atoms with Crippen LogP contribution in [0.2, 0.25) is 13.1 Å². The summed E-state index contributed by atoms with van der Waals surface area (Å²) in [5.41, 5.74) is 2.89. The normalized spacial score (nSPS) is 11.9. The molecule has 0 bridgehead atoms. The van der Waals surface area contributed by atoms with E-state index in [4.69, 9.17) is 4.43 Å². The molecule has 173 valence electrons. The van der Waals surface area contributed by atoms with E-state index in [1.54, 1.807) is 18.2 Å². The van der Waals surface area contributed by atoms with E-state index in [0.29, 0.717) is 27.8 Å². The number of fused-ring (bicyclic) bond motifs is 1. The summed E-state index contributed by atoms with van der Waals surface area (Å²) in [6.07, 6.45) is 1.21. The molecule has 1 amide bonds. The van der Waals surface area contributed by atoms with Crippen molar-refractivity contribution in [2.24, 2.45) is 5.41 Å². The lowest BCUT2D eigenvalue weighted by Gasteiger charge is -2.27. The second-order valence-electron chi connectivity index (χ2n) is 9.02. The van der Waals surface area contributed by atoms with Crippen LogP contribution in [-0.4, -0.2) is 26.0 Å². The molecule has 1 heterocycles. The first-order chi connectivity index (χ1) is 16.1. The van der Waals surface area contributed by atoms with Crippen molar-refractivity contribution < 1.29 is 9.22 Å². The number of carbonyl (C=O) groups is 1. The van der Waals surface area contributed by atoms with Crippen molar-refractivity contribution in [1.29, 1.82) is 5.26 Å². The topological polar surface area (TPSA) is 87.0 Å². The lowest BCUT2D eigenvalue weighted by molar-refractivity contribution is -0.111. The molecule has 3 rings (SSSR count). The molecular weight excluding hydrogens is 508 g/mol. The van der Waals surface area contributed by atoms with E-state index < -0.39 is 14.9 Å². The Balaban J connectivity index is 1.91. The van der Waals surface area contributed by atoms with Gasteiger partial charge in [-0.25, -0.2) is 0 Å². The summed E-state index contributed by atoms with van der Waals surface area (Å²) in [7, 11) is -0.962. The summed E-state index contributed by atoms with van der Waals surface area (Å²) in [4.78, 5) is 17.0. The highest BCUT2D eigenvalue weighted by molar-refractivity contribution is 9.10. The monoisotopic (exact) mass is 533 g/mol. The molecule has 0 saturated heterocycles. The Morgan fingerprint density at radius 2 is 1.94 bits per heavy atom. The molecule has 2 aromatic carbocycles. The summed E-state index contributed by atoms with van der Waals surface area (Å²) < 4.78 is 6.89. The SMILES string of the molecule is C[Si](C)OC(C#CC(=O)Nc1ccc2ncc(C#N)c(Nc3cccc(Br)c3)c2c1)C(C)(C)C. The average Bonchev–Trinajstić information content (AvgIpc) is 2.76. The van der Waals surface area contributed by atoms with Crippen LogP contribution in [0.1, 0.15) is 26.3 Å². The Morgan fingerprint density at radius 3 is 2.59 bits per heavy atom. The minimum absolute atomic E-state index is 0.204. The fraction of sp³-hybridized carbons (Fsp3) is 0.269. The molecule has 6 nitrogen and oxygen atoms in total. The van der Waals surface area contributed by atoms with Gasteiger partial charge in [-0.1, -0.05) is 48.7 Å². The lowest BCUT2D eigenvalue weighted by atomic mass is 9.89. The van der Waals surface area contributed by atoms with Gasteiger partial charge in [-0.2, -0.15) is 5.26 Å². The number of nitrogens with one attached hydrogen (secondary N) is 2. The highest BCUT2D eigenvalue weighted by Gasteiger charge is 2.24.